The molecule has 0 aliphatic carbocycles. The minimum atomic E-state index is 0.382. The second-order valence-corrected chi connectivity index (χ2v) is 7.46. The third kappa shape index (κ3) is 2.69. The van der Waals surface area contributed by atoms with Crippen molar-refractivity contribution in [2.75, 3.05) is 40.4 Å². The lowest BCUT2D eigenvalue weighted by atomic mass is 9.75. The first-order valence-electron chi connectivity index (χ1n) is 8.68. The minimum absolute atomic E-state index is 0.382. The summed E-state index contributed by atoms with van der Waals surface area (Å²) in [6.45, 7) is 5.54. The second kappa shape index (κ2) is 5.93. The number of hydrogen-bond acceptors (Lipinski definition) is 3. The van der Waals surface area contributed by atoms with Gasteiger partial charge in [-0.3, -0.25) is 9.80 Å². The molecular formula is C19H27N3O. The lowest BCUT2D eigenvalue weighted by molar-refractivity contribution is -0.0904. The van der Waals surface area contributed by atoms with Crippen LogP contribution in [-0.2, 0) is 11.3 Å². The van der Waals surface area contributed by atoms with Crippen LogP contribution in [0, 0.1) is 5.92 Å². The van der Waals surface area contributed by atoms with E-state index in [2.05, 4.69) is 46.1 Å². The molecule has 2 aliphatic heterocycles. The first-order chi connectivity index (χ1) is 11.2. The van der Waals surface area contributed by atoms with Crippen LogP contribution in [0.3, 0.4) is 0 Å². The molecule has 4 heteroatoms. The number of nitrogens with zero attached hydrogens (tertiary/aromatic N) is 2. The number of fused-ring (bicyclic) bond motifs is 1. The number of benzene rings is 1. The van der Waals surface area contributed by atoms with E-state index in [-0.39, 0.29) is 0 Å². The third-order valence-corrected chi connectivity index (χ3v) is 5.87. The van der Waals surface area contributed by atoms with Gasteiger partial charge in [0.15, 0.2) is 0 Å². The van der Waals surface area contributed by atoms with E-state index in [0.29, 0.717) is 5.54 Å². The van der Waals surface area contributed by atoms with Crippen molar-refractivity contribution >= 4 is 10.9 Å². The molecule has 1 aromatic carbocycles. The van der Waals surface area contributed by atoms with E-state index in [0.717, 1.165) is 19.1 Å². The van der Waals surface area contributed by atoms with Crippen molar-refractivity contribution in [1.82, 2.24) is 14.8 Å². The van der Waals surface area contributed by atoms with E-state index in [1.54, 1.807) is 0 Å². The molecule has 1 atom stereocenters. The molecule has 1 spiro atoms. The predicted molar refractivity (Wildman–Crippen MR) is 93.5 cm³/mol. The largest absolute Gasteiger partial charge is 0.384 e. The molecule has 4 rings (SSSR count). The van der Waals surface area contributed by atoms with E-state index in [1.165, 1.54) is 48.9 Å². The zero-order valence-corrected chi connectivity index (χ0v) is 14.2. The molecule has 2 aromatic rings. The highest BCUT2D eigenvalue weighted by Gasteiger charge is 2.49. The topological polar surface area (TPSA) is 31.5 Å². The molecule has 4 nitrogen and oxygen atoms in total. The van der Waals surface area contributed by atoms with Crippen LogP contribution in [-0.4, -0.2) is 60.7 Å². The number of ether oxygens (including phenoxy) is 1. The maximum Gasteiger partial charge on any atom is 0.0491 e. The van der Waals surface area contributed by atoms with Gasteiger partial charge < -0.3 is 9.72 Å². The van der Waals surface area contributed by atoms with Crippen molar-refractivity contribution < 1.29 is 4.74 Å². The summed E-state index contributed by atoms with van der Waals surface area (Å²) in [5.74, 6) is 0.728. The van der Waals surface area contributed by atoms with Gasteiger partial charge in [0.1, 0.15) is 0 Å². The summed E-state index contributed by atoms with van der Waals surface area (Å²) in [6.07, 6.45) is 4.59. The summed E-state index contributed by atoms with van der Waals surface area (Å²) in [5.41, 5.74) is 3.06. The summed E-state index contributed by atoms with van der Waals surface area (Å²) >= 11 is 0. The number of likely N-dealkylation sites (N-methyl/N-ethyl adjacent to an activating group) is 1. The van der Waals surface area contributed by atoms with Crippen molar-refractivity contribution in [3.63, 3.8) is 0 Å². The molecule has 2 saturated heterocycles. The number of aromatic nitrogens is 1. The van der Waals surface area contributed by atoms with Crippen molar-refractivity contribution in [3.05, 3.63) is 36.0 Å². The number of likely N-dealkylation sites (tertiary alicyclic amines) is 2. The van der Waals surface area contributed by atoms with Crippen LogP contribution >= 0.6 is 0 Å². The van der Waals surface area contributed by atoms with Crippen LogP contribution in [0.25, 0.3) is 10.9 Å². The Labute approximate surface area is 138 Å². The van der Waals surface area contributed by atoms with Gasteiger partial charge in [-0.2, -0.15) is 0 Å². The molecular weight excluding hydrogens is 286 g/mol. The van der Waals surface area contributed by atoms with Crippen molar-refractivity contribution in [3.8, 4) is 0 Å². The van der Waals surface area contributed by atoms with E-state index < -0.39 is 0 Å². The van der Waals surface area contributed by atoms with Gasteiger partial charge in [-0.15, -0.1) is 0 Å². The summed E-state index contributed by atoms with van der Waals surface area (Å²) in [6, 6.07) is 8.77. The van der Waals surface area contributed by atoms with Crippen LogP contribution in [0.4, 0.5) is 0 Å². The molecule has 1 N–H and O–H groups in total. The number of nitrogens with one attached hydrogen (secondary N) is 1. The van der Waals surface area contributed by atoms with Crippen LogP contribution in [0.5, 0.6) is 0 Å². The van der Waals surface area contributed by atoms with Crippen molar-refractivity contribution in [2.24, 2.45) is 5.92 Å². The number of piperidine rings is 1. The molecule has 1 aromatic heterocycles. The van der Waals surface area contributed by atoms with E-state index in [4.69, 9.17) is 4.74 Å². The lowest BCUT2D eigenvalue weighted by Gasteiger charge is -2.58. The Bertz CT molecular complexity index is 674. The molecule has 0 saturated carbocycles. The van der Waals surface area contributed by atoms with E-state index >= 15 is 0 Å². The molecule has 0 amide bonds. The maximum atomic E-state index is 5.40. The van der Waals surface area contributed by atoms with Gasteiger partial charge in [0.25, 0.3) is 0 Å². The van der Waals surface area contributed by atoms with Crippen LogP contribution in [0.2, 0.25) is 0 Å². The maximum absolute atomic E-state index is 5.40. The van der Waals surface area contributed by atoms with Gasteiger partial charge in [0, 0.05) is 56.0 Å². The Morgan fingerprint density at radius 1 is 1.30 bits per heavy atom. The highest BCUT2D eigenvalue weighted by atomic mass is 16.5. The highest BCUT2D eigenvalue weighted by molar-refractivity contribution is 5.82. The minimum Gasteiger partial charge on any atom is -0.384 e. The standard InChI is InChI=1S/C19H27N3O/c1-21-9-7-15(12-23-2)10-19(21)13-22(14-19)11-16-4-3-5-18-17(16)6-8-20-18/h3-6,8,15,20H,7,9-14H2,1-2H3/t15-/m0/s1. The quantitative estimate of drug-likeness (QED) is 0.942. The van der Waals surface area contributed by atoms with Gasteiger partial charge in [-0.1, -0.05) is 12.1 Å². The monoisotopic (exact) mass is 313 g/mol. The summed E-state index contributed by atoms with van der Waals surface area (Å²) < 4.78 is 5.40. The molecule has 2 fully saturated rings. The number of methoxy groups -OCH3 is 1. The van der Waals surface area contributed by atoms with Crippen molar-refractivity contribution in [1.29, 1.82) is 0 Å². The highest BCUT2D eigenvalue weighted by Crippen LogP contribution is 2.39. The Hall–Kier alpha value is -1.36. The summed E-state index contributed by atoms with van der Waals surface area (Å²) in [4.78, 5) is 8.49. The van der Waals surface area contributed by atoms with Crippen LogP contribution < -0.4 is 0 Å². The fraction of sp³-hybridized carbons (Fsp3) is 0.579. The molecule has 0 bridgehead atoms. The van der Waals surface area contributed by atoms with Crippen LogP contribution in [0.1, 0.15) is 18.4 Å². The molecule has 23 heavy (non-hydrogen) atoms. The fourth-order valence-corrected chi connectivity index (χ4v) is 4.58. The van der Waals surface area contributed by atoms with Crippen LogP contribution in [0.15, 0.2) is 30.5 Å². The average Bonchev–Trinajstić information content (AvgIpc) is 2.99. The number of hydrogen-bond donors (Lipinski definition) is 1. The van der Waals surface area contributed by atoms with Gasteiger partial charge in [-0.25, -0.2) is 0 Å². The smallest absolute Gasteiger partial charge is 0.0491 e. The number of rotatable bonds is 4. The molecule has 3 heterocycles. The van der Waals surface area contributed by atoms with Gasteiger partial charge in [0.05, 0.1) is 0 Å². The summed E-state index contributed by atoms with van der Waals surface area (Å²) in [5, 5.41) is 1.36. The Morgan fingerprint density at radius 2 is 2.17 bits per heavy atom. The molecule has 124 valence electrons. The van der Waals surface area contributed by atoms with Crippen molar-refractivity contribution in [2.45, 2.75) is 24.9 Å². The second-order valence-electron chi connectivity index (χ2n) is 7.46. The Kier molecular flexibility index (Phi) is 3.92. The summed E-state index contributed by atoms with van der Waals surface area (Å²) in [7, 11) is 4.13. The molecule has 2 aliphatic rings. The Balaban J connectivity index is 1.43. The first kappa shape index (κ1) is 15.2. The van der Waals surface area contributed by atoms with E-state index in [1.807, 2.05) is 13.3 Å². The predicted octanol–water partition coefficient (Wildman–Crippen LogP) is 2.71. The normalized spacial score (nSPS) is 25.0. The fourth-order valence-electron chi connectivity index (χ4n) is 4.58. The zero-order valence-electron chi connectivity index (χ0n) is 14.2. The third-order valence-electron chi connectivity index (χ3n) is 5.87. The SMILES string of the molecule is COC[C@H]1CCN(C)C2(C1)CN(Cc1cccc3[nH]ccc13)C2. The lowest BCUT2D eigenvalue weighted by Crippen LogP contribution is -2.71. The Morgan fingerprint density at radius 3 is 3.00 bits per heavy atom. The zero-order chi connectivity index (χ0) is 15.9. The van der Waals surface area contributed by atoms with Gasteiger partial charge in [-0.05, 0) is 50.0 Å². The number of aromatic amines is 1. The number of H-pyrrole nitrogens is 1. The first-order valence-corrected chi connectivity index (χ1v) is 8.68. The van der Waals surface area contributed by atoms with E-state index in [9.17, 15) is 0 Å². The average molecular weight is 313 g/mol. The molecule has 0 unspecified atom stereocenters. The molecule has 0 radical (unpaired) electrons. The van der Waals surface area contributed by atoms with Gasteiger partial charge >= 0.3 is 0 Å². The van der Waals surface area contributed by atoms with Gasteiger partial charge in [0.2, 0.25) is 0 Å².